The van der Waals surface area contributed by atoms with Crippen LogP contribution in [0.15, 0.2) is 18.2 Å². The molecule has 1 aliphatic rings. The van der Waals surface area contributed by atoms with Crippen LogP contribution in [-0.2, 0) is 16.1 Å². The molecule has 1 N–H and O–H groups in total. The number of esters is 1. The molecule has 0 aliphatic carbocycles. The lowest BCUT2D eigenvalue weighted by molar-refractivity contribution is -0.143. The Hall–Kier alpha value is -1.75. The number of hydrogen-bond acceptors (Lipinski definition) is 5. The summed E-state index contributed by atoms with van der Waals surface area (Å²) in [5.41, 5.74) is 1.10. The zero-order valence-corrected chi connectivity index (χ0v) is 11.3. The highest BCUT2D eigenvalue weighted by Gasteiger charge is 2.14. The molecule has 2 rings (SSSR count). The third-order valence-electron chi connectivity index (χ3n) is 2.87. The first-order valence-corrected chi connectivity index (χ1v) is 6.46. The number of fused-ring (bicyclic) bond motifs is 1. The maximum Gasteiger partial charge on any atom is 0.307 e. The normalized spacial score (nSPS) is 14.2. The molecule has 1 aliphatic heterocycles. The standard InChI is InChI=1S/C14H19NO4/c1-3-17-14(16)6-10(2)15-8-11-4-5-12-13(7-11)19-9-18-12/h4-5,7,10,15H,3,6,8-9H2,1-2H3. The highest BCUT2D eigenvalue weighted by atomic mass is 16.7. The maximum atomic E-state index is 11.3. The van der Waals surface area contributed by atoms with Crippen LogP contribution in [0.2, 0.25) is 0 Å². The van der Waals surface area contributed by atoms with Gasteiger partial charge in [0.2, 0.25) is 6.79 Å². The maximum absolute atomic E-state index is 11.3. The van der Waals surface area contributed by atoms with Crippen molar-refractivity contribution in [2.24, 2.45) is 0 Å². The molecule has 5 heteroatoms. The predicted molar refractivity (Wildman–Crippen MR) is 70.1 cm³/mol. The van der Waals surface area contributed by atoms with Crippen molar-refractivity contribution in [3.8, 4) is 11.5 Å². The topological polar surface area (TPSA) is 56.8 Å². The highest BCUT2D eigenvalue weighted by Crippen LogP contribution is 2.32. The van der Waals surface area contributed by atoms with Crippen LogP contribution in [0.1, 0.15) is 25.8 Å². The van der Waals surface area contributed by atoms with Crippen molar-refractivity contribution in [2.75, 3.05) is 13.4 Å². The van der Waals surface area contributed by atoms with E-state index in [0.717, 1.165) is 17.1 Å². The van der Waals surface area contributed by atoms with Gasteiger partial charge < -0.3 is 19.5 Å². The van der Waals surface area contributed by atoms with E-state index in [0.29, 0.717) is 19.6 Å². The number of ether oxygens (including phenoxy) is 3. The Morgan fingerprint density at radius 1 is 1.42 bits per heavy atom. The average molecular weight is 265 g/mol. The summed E-state index contributed by atoms with van der Waals surface area (Å²) in [4.78, 5) is 11.3. The van der Waals surface area contributed by atoms with Crippen LogP contribution in [0, 0.1) is 0 Å². The van der Waals surface area contributed by atoms with E-state index in [9.17, 15) is 4.79 Å². The molecule has 0 fully saturated rings. The third kappa shape index (κ3) is 3.86. The van der Waals surface area contributed by atoms with Crippen LogP contribution >= 0.6 is 0 Å². The minimum absolute atomic E-state index is 0.0736. The first-order chi connectivity index (χ1) is 9.19. The van der Waals surface area contributed by atoms with Gasteiger partial charge in [-0.2, -0.15) is 0 Å². The van der Waals surface area contributed by atoms with Crippen molar-refractivity contribution < 1.29 is 19.0 Å². The SMILES string of the molecule is CCOC(=O)CC(C)NCc1ccc2c(c1)OCO2. The van der Waals surface area contributed by atoms with E-state index in [1.54, 1.807) is 0 Å². The first-order valence-electron chi connectivity index (χ1n) is 6.46. The molecule has 1 aromatic carbocycles. The molecule has 1 heterocycles. The van der Waals surface area contributed by atoms with E-state index in [1.807, 2.05) is 32.0 Å². The van der Waals surface area contributed by atoms with Crippen LogP contribution in [0.5, 0.6) is 11.5 Å². The summed E-state index contributed by atoms with van der Waals surface area (Å²) in [6.07, 6.45) is 0.373. The molecular formula is C14H19NO4. The largest absolute Gasteiger partial charge is 0.466 e. The first kappa shape index (κ1) is 13.7. The van der Waals surface area contributed by atoms with Crippen LogP contribution in [0.25, 0.3) is 0 Å². The van der Waals surface area contributed by atoms with Gasteiger partial charge in [-0.25, -0.2) is 0 Å². The second-order valence-corrected chi connectivity index (χ2v) is 4.48. The van der Waals surface area contributed by atoms with Crippen LogP contribution in [-0.4, -0.2) is 25.4 Å². The zero-order valence-electron chi connectivity index (χ0n) is 11.3. The van der Waals surface area contributed by atoms with Crippen molar-refractivity contribution in [3.63, 3.8) is 0 Å². The molecule has 5 nitrogen and oxygen atoms in total. The average Bonchev–Trinajstić information content (AvgIpc) is 2.83. The molecule has 104 valence electrons. The number of carbonyl (C=O) groups excluding carboxylic acids is 1. The van der Waals surface area contributed by atoms with Crippen LogP contribution in [0.4, 0.5) is 0 Å². The molecule has 0 saturated carbocycles. The molecule has 1 unspecified atom stereocenters. The van der Waals surface area contributed by atoms with E-state index in [4.69, 9.17) is 14.2 Å². The molecule has 19 heavy (non-hydrogen) atoms. The number of rotatable bonds is 6. The van der Waals surface area contributed by atoms with Gasteiger partial charge in [-0.3, -0.25) is 4.79 Å². The van der Waals surface area contributed by atoms with Gasteiger partial charge in [0.05, 0.1) is 13.0 Å². The summed E-state index contributed by atoms with van der Waals surface area (Å²) in [6.45, 7) is 5.16. The monoisotopic (exact) mass is 265 g/mol. The molecule has 1 aromatic rings. The number of hydrogen-bond donors (Lipinski definition) is 1. The Labute approximate surface area is 112 Å². The highest BCUT2D eigenvalue weighted by molar-refractivity contribution is 5.70. The van der Waals surface area contributed by atoms with Gasteiger partial charge in [0.25, 0.3) is 0 Å². The quantitative estimate of drug-likeness (QED) is 0.795. The van der Waals surface area contributed by atoms with Gasteiger partial charge in [0.15, 0.2) is 11.5 Å². The second kappa shape index (κ2) is 6.43. The Balaban J connectivity index is 1.80. The molecule has 0 radical (unpaired) electrons. The summed E-state index contributed by atoms with van der Waals surface area (Å²) in [5.74, 6) is 1.38. The van der Waals surface area contributed by atoms with Gasteiger partial charge in [-0.15, -0.1) is 0 Å². The lowest BCUT2D eigenvalue weighted by atomic mass is 10.1. The summed E-state index contributed by atoms with van der Waals surface area (Å²) < 4.78 is 15.5. The number of benzene rings is 1. The molecule has 0 aromatic heterocycles. The van der Waals surface area contributed by atoms with Gasteiger partial charge >= 0.3 is 5.97 Å². The number of nitrogens with one attached hydrogen (secondary N) is 1. The fraction of sp³-hybridized carbons (Fsp3) is 0.500. The van der Waals surface area contributed by atoms with Gasteiger partial charge in [-0.05, 0) is 31.5 Å². The molecular weight excluding hydrogens is 246 g/mol. The molecule has 0 saturated heterocycles. The minimum atomic E-state index is -0.173. The predicted octanol–water partition coefficient (Wildman–Crippen LogP) is 1.85. The fourth-order valence-electron chi connectivity index (χ4n) is 1.89. The van der Waals surface area contributed by atoms with E-state index in [1.165, 1.54) is 0 Å². The Morgan fingerprint density at radius 3 is 3.00 bits per heavy atom. The van der Waals surface area contributed by atoms with Crippen molar-refractivity contribution >= 4 is 5.97 Å². The van der Waals surface area contributed by atoms with Crippen LogP contribution < -0.4 is 14.8 Å². The zero-order chi connectivity index (χ0) is 13.7. The van der Waals surface area contributed by atoms with Crippen molar-refractivity contribution in [1.82, 2.24) is 5.32 Å². The fourth-order valence-corrected chi connectivity index (χ4v) is 1.89. The lowest BCUT2D eigenvalue weighted by Gasteiger charge is -2.13. The lowest BCUT2D eigenvalue weighted by Crippen LogP contribution is -2.28. The Kier molecular flexibility index (Phi) is 4.63. The molecule has 0 amide bonds. The third-order valence-corrected chi connectivity index (χ3v) is 2.87. The summed E-state index contributed by atoms with van der Waals surface area (Å²) >= 11 is 0. The van der Waals surface area contributed by atoms with E-state index < -0.39 is 0 Å². The summed E-state index contributed by atoms with van der Waals surface area (Å²) in [7, 11) is 0. The van der Waals surface area contributed by atoms with Gasteiger partial charge in [-0.1, -0.05) is 6.07 Å². The van der Waals surface area contributed by atoms with Crippen molar-refractivity contribution in [2.45, 2.75) is 32.9 Å². The minimum Gasteiger partial charge on any atom is -0.466 e. The van der Waals surface area contributed by atoms with Crippen molar-refractivity contribution in [1.29, 1.82) is 0 Å². The molecule has 1 atom stereocenters. The van der Waals surface area contributed by atoms with Gasteiger partial charge in [0, 0.05) is 12.6 Å². The molecule has 0 spiro atoms. The Morgan fingerprint density at radius 2 is 2.21 bits per heavy atom. The van der Waals surface area contributed by atoms with Crippen molar-refractivity contribution in [3.05, 3.63) is 23.8 Å². The van der Waals surface area contributed by atoms with Crippen LogP contribution in [0.3, 0.4) is 0 Å². The molecule has 0 bridgehead atoms. The van der Waals surface area contributed by atoms with E-state index in [-0.39, 0.29) is 18.8 Å². The van der Waals surface area contributed by atoms with E-state index in [2.05, 4.69) is 5.32 Å². The second-order valence-electron chi connectivity index (χ2n) is 4.48. The smallest absolute Gasteiger partial charge is 0.307 e. The van der Waals surface area contributed by atoms with E-state index >= 15 is 0 Å². The summed E-state index contributed by atoms with van der Waals surface area (Å²) in [5, 5.41) is 3.28. The number of carbonyl (C=O) groups is 1. The summed E-state index contributed by atoms with van der Waals surface area (Å²) in [6, 6.07) is 5.91. The Bertz CT molecular complexity index is 447. The van der Waals surface area contributed by atoms with Gasteiger partial charge in [0.1, 0.15) is 0 Å².